The fraction of sp³-hybridized carbons (Fsp3) is 0.333. The van der Waals surface area contributed by atoms with Crippen molar-refractivity contribution in [3.8, 4) is 0 Å². The lowest BCUT2D eigenvalue weighted by Gasteiger charge is -2.31. The van der Waals surface area contributed by atoms with E-state index in [9.17, 15) is 9.59 Å². The lowest BCUT2D eigenvalue weighted by molar-refractivity contribution is 0.0967. The number of amides is 2. The van der Waals surface area contributed by atoms with E-state index in [1.165, 1.54) is 6.07 Å². The highest BCUT2D eigenvalue weighted by Crippen LogP contribution is 2.24. The third-order valence-corrected chi connectivity index (χ3v) is 3.01. The second kappa shape index (κ2) is 5.05. The van der Waals surface area contributed by atoms with Gasteiger partial charge in [0, 0.05) is 26.2 Å². The number of nitrogens with two attached hydrogens (primary N) is 2. The number of piperazine rings is 1. The van der Waals surface area contributed by atoms with Gasteiger partial charge in [-0.15, -0.1) is 0 Å². The van der Waals surface area contributed by atoms with Crippen molar-refractivity contribution >= 4 is 17.5 Å². The summed E-state index contributed by atoms with van der Waals surface area (Å²) in [6.45, 7) is 3.20. The monoisotopic (exact) mass is 248 g/mol. The van der Waals surface area contributed by atoms with Gasteiger partial charge in [0.15, 0.2) is 0 Å². The molecule has 0 bridgehead atoms. The zero-order chi connectivity index (χ0) is 13.1. The fourth-order valence-electron chi connectivity index (χ4n) is 2.17. The van der Waals surface area contributed by atoms with Crippen molar-refractivity contribution in [1.29, 1.82) is 0 Å². The van der Waals surface area contributed by atoms with Gasteiger partial charge in [-0.2, -0.15) is 0 Å². The standard InChI is InChI=1S/C12H16N4O2/c13-11(17)8-2-1-3-9(10(8)12(14)18)16-6-4-15-5-7-16/h1-3,15H,4-7H2,(H2,13,17)(H2,14,18). The molecule has 5 N–H and O–H groups in total. The minimum Gasteiger partial charge on any atom is -0.368 e. The second-order valence-corrected chi connectivity index (χ2v) is 4.17. The molecular weight excluding hydrogens is 232 g/mol. The Morgan fingerprint density at radius 1 is 1.11 bits per heavy atom. The molecule has 1 saturated heterocycles. The Morgan fingerprint density at radius 3 is 2.33 bits per heavy atom. The highest BCUT2D eigenvalue weighted by molar-refractivity contribution is 6.09. The van der Waals surface area contributed by atoms with Crippen LogP contribution in [-0.4, -0.2) is 38.0 Å². The molecule has 2 amide bonds. The van der Waals surface area contributed by atoms with Gasteiger partial charge in [0.25, 0.3) is 5.91 Å². The number of carbonyl (C=O) groups is 2. The molecule has 96 valence electrons. The van der Waals surface area contributed by atoms with Crippen molar-refractivity contribution in [3.05, 3.63) is 29.3 Å². The molecule has 0 atom stereocenters. The number of hydrogen-bond donors (Lipinski definition) is 3. The van der Waals surface area contributed by atoms with Crippen molar-refractivity contribution in [2.45, 2.75) is 0 Å². The van der Waals surface area contributed by atoms with Crippen LogP contribution in [-0.2, 0) is 0 Å². The molecule has 1 fully saturated rings. The molecule has 1 aromatic rings. The maximum atomic E-state index is 11.6. The number of anilines is 1. The predicted molar refractivity (Wildman–Crippen MR) is 68.6 cm³/mol. The van der Waals surface area contributed by atoms with Gasteiger partial charge in [-0.25, -0.2) is 0 Å². The van der Waals surface area contributed by atoms with Crippen molar-refractivity contribution < 1.29 is 9.59 Å². The largest absolute Gasteiger partial charge is 0.368 e. The van der Waals surface area contributed by atoms with Crippen molar-refractivity contribution in [3.63, 3.8) is 0 Å². The number of rotatable bonds is 3. The van der Waals surface area contributed by atoms with Crippen LogP contribution < -0.4 is 21.7 Å². The van der Waals surface area contributed by atoms with Gasteiger partial charge in [-0.3, -0.25) is 9.59 Å². The van der Waals surface area contributed by atoms with Crippen molar-refractivity contribution in [2.75, 3.05) is 31.1 Å². The van der Waals surface area contributed by atoms with Crippen LogP contribution in [0.5, 0.6) is 0 Å². The van der Waals surface area contributed by atoms with E-state index in [2.05, 4.69) is 5.32 Å². The molecule has 2 rings (SSSR count). The Kier molecular flexibility index (Phi) is 3.47. The summed E-state index contributed by atoms with van der Waals surface area (Å²) in [6.07, 6.45) is 0. The Bertz CT molecular complexity index is 481. The van der Waals surface area contributed by atoms with Crippen molar-refractivity contribution in [2.24, 2.45) is 11.5 Å². The van der Waals surface area contributed by atoms with Crippen LogP contribution in [0.3, 0.4) is 0 Å². The molecule has 0 unspecified atom stereocenters. The highest BCUT2D eigenvalue weighted by atomic mass is 16.2. The number of nitrogens with zero attached hydrogens (tertiary/aromatic N) is 1. The summed E-state index contributed by atoms with van der Waals surface area (Å²) in [5.74, 6) is -1.27. The lowest BCUT2D eigenvalue weighted by Crippen LogP contribution is -2.44. The number of hydrogen-bond acceptors (Lipinski definition) is 4. The molecule has 0 aromatic heterocycles. The zero-order valence-corrected chi connectivity index (χ0v) is 9.98. The van der Waals surface area contributed by atoms with Gasteiger partial charge >= 0.3 is 0 Å². The van der Waals surface area contributed by atoms with Gasteiger partial charge in [-0.1, -0.05) is 6.07 Å². The SMILES string of the molecule is NC(=O)c1cccc(N2CCNCC2)c1C(N)=O. The molecule has 6 heteroatoms. The molecule has 18 heavy (non-hydrogen) atoms. The number of primary amides is 2. The van der Waals surface area contributed by atoms with E-state index in [-0.39, 0.29) is 11.1 Å². The van der Waals surface area contributed by atoms with E-state index in [1.807, 2.05) is 4.90 Å². The van der Waals surface area contributed by atoms with Gasteiger partial charge < -0.3 is 21.7 Å². The fourth-order valence-corrected chi connectivity index (χ4v) is 2.17. The molecule has 6 nitrogen and oxygen atoms in total. The van der Waals surface area contributed by atoms with Crippen LogP contribution in [0, 0.1) is 0 Å². The smallest absolute Gasteiger partial charge is 0.251 e. The third kappa shape index (κ3) is 2.28. The van der Waals surface area contributed by atoms with Gasteiger partial charge in [0.05, 0.1) is 16.8 Å². The first-order chi connectivity index (χ1) is 8.61. The molecule has 0 saturated carbocycles. The van der Waals surface area contributed by atoms with Gasteiger partial charge in [0.2, 0.25) is 5.91 Å². The zero-order valence-electron chi connectivity index (χ0n) is 9.98. The number of carbonyl (C=O) groups excluding carboxylic acids is 2. The maximum Gasteiger partial charge on any atom is 0.251 e. The van der Waals surface area contributed by atoms with E-state index in [4.69, 9.17) is 11.5 Å². The van der Waals surface area contributed by atoms with Gasteiger partial charge in [-0.05, 0) is 12.1 Å². The minimum absolute atomic E-state index is 0.179. The number of benzene rings is 1. The average molecular weight is 248 g/mol. The van der Waals surface area contributed by atoms with Crippen molar-refractivity contribution in [1.82, 2.24) is 5.32 Å². The van der Waals surface area contributed by atoms with Crippen LogP contribution in [0.4, 0.5) is 5.69 Å². The first-order valence-corrected chi connectivity index (χ1v) is 5.79. The summed E-state index contributed by atoms with van der Waals surface area (Å²) in [4.78, 5) is 24.9. The Labute approximate surface area is 105 Å². The van der Waals surface area contributed by atoms with Crippen LogP contribution >= 0.6 is 0 Å². The molecule has 1 aliphatic heterocycles. The van der Waals surface area contributed by atoms with Gasteiger partial charge in [0.1, 0.15) is 0 Å². The molecule has 0 radical (unpaired) electrons. The Balaban J connectivity index is 2.48. The first kappa shape index (κ1) is 12.4. The third-order valence-electron chi connectivity index (χ3n) is 3.01. The lowest BCUT2D eigenvalue weighted by atomic mass is 10.0. The topological polar surface area (TPSA) is 101 Å². The highest BCUT2D eigenvalue weighted by Gasteiger charge is 2.21. The predicted octanol–water partition coefficient (Wildman–Crippen LogP) is -0.706. The average Bonchev–Trinajstić information content (AvgIpc) is 2.38. The summed E-state index contributed by atoms with van der Waals surface area (Å²) in [7, 11) is 0. The first-order valence-electron chi connectivity index (χ1n) is 5.79. The van der Waals surface area contributed by atoms with E-state index < -0.39 is 11.8 Å². The molecular formula is C12H16N4O2. The molecule has 1 aromatic carbocycles. The van der Waals surface area contributed by atoms with E-state index in [0.717, 1.165) is 26.2 Å². The summed E-state index contributed by atoms with van der Waals surface area (Å²) in [5, 5.41) is 3.22. The van der Waals surface area contributed by atoms with E-state index >= 15 is 0 Å². The van der Waals surface area contributed by atoms with E-state index in [0.29, 0.717) is 5.69 Å². The maximum absolute atomic E-state index is 11.6. The second-order valence-electron chi connectivity index (χ2n) is 4.17. The van der Waals surface area contributed by atoms with Crippen LogP contribution in [0.1, 0.15) is 20.7 Å². The minimum atomic E-state index is -0.638. The summed E-state index contributed by atoms with van der Waals surface area (Å²) >= 11 is 0. The Hall–Kier alpha value is -2.08. The molecule has 0 aliphatic carbocycles. The van der Waals surface area contributed by atoms with Crippen LogP contribution in [0.2, 0.25) is 0 Å². The summed E-state index contributed by atoms with van der Waals surface area (Å²) < 4.78 is 0. The summed E-state index contributed by atoms with van der Waals surface area (Å²) in [5.41, 5.74) is 11.7. The molecule has 1 heterocycles. The Morgan fingerprint density at radius 2 is 1.78 bits per heavy atom. The summed E-state index contributed by atoms with van der Waals surface area (Å²) in [6, 6.07) is 5.02. The molecule has 0 spiro atoms. The van der Waals surface area contributed by atoms with Crippen LogP contribution in [0.15, 0.2) is 18.2 Å². The van der Waals surface area contributed by atoms with E-state index in [1.54, 1.807) is 12.1 Å². The van der Waals surface area contributed by atoms with Crippen LogP contribution in [0.25, 0.3) is 0 Å². The number of nitrogens with one attached hydrogen (secondary N) is 1. The quantitative estimate of drug-likeness (QED) is 0.658. The normalized spacial score (nSPS) is 15.4. The molecule has 1 aliphatic rings.